The van der Waals surface area contributed by atoms with Crippen LogP contribution in [-0.2, 0) is 17.5 Å². The molecule has 0 aliphatic carbocycles. The molecule has 17 heavy (non-hydrogen) atoms. The van der Waals surface area contributed by atoms with Crippen LogP contribution < -0.4 is 5.14 Å². The zero-order valence-corrected chi connectivity index (χ0v) is 9.76. The molecule has 2 unspecified atom stereocenters. The summed E-state index contributed by atoms with van der Waals surface area (Å²) in [5.74, 6) is 0. The molecule has 2 atom stereocenters. The number of aromatic nitrogens is 1. The van der Waals surface area contributed by atoms with Crippen LogP contribution in [0, 0.1) is 0 Å². The van der Waals surface area contributed by atoms with E-state index in [-0.39, 0.29) is 5.25 Å². The molecule has 0 aliphatic rings. The van der Waals surface area contributed by atoms with Gasteiger partial charge in [-0.1, -0.05) is 12.1 Å². The lowest BCUT2D eigenvalue weighted by Gasteiger charge is -2.07. The minimum Gasteiger partial charge on any atom is -0.598 e. The highest BCUT2D eigenvalue weighted by Gasteiger charge is 2.31. The summed E-state index contributed by atoms with van der Waals surface area (Å²) in [6.45, 7) is 1.64. The van der Waals surface area contributed by atoms with Crippen molar-refractivity contribution in [1.82, 2.24) is 4.98 Å². The molecule has 94 valence electrons. The standard InChI is InChI=1S/C10H11F3N2OS/c1-7(17(14)16)2-3-8-4-5-9(15-6-8)10(11,12)13/h2-7H,14H2,1H3. The van der Waals surface area contributed by atoms with Gasteiger partial charge in [-0.2, -0.15) is 18.3 Å². The Hall–Kier alpha value is -1.05. The van der Waals surface area contributed by atoms with Gasteiger partial charge in [0.15, 0.2) is 5.25 Å². The van der Waals surface area contributed by atoms with Gasteiger partial charge in [-0.25, -0.2) is 0 Å². The summed E-state index contributed by atoms with van der Waals surface area (Å²) < 4.78 is 47.4. The summed E-state index contributed by atoms with van der Waals surface area (Å²) >= 11 is -1.49. The van der Waals surface area contributed by atoms with Gasteiger partial charge in [0.1, 0.15) is 5.69 Å². The SMILES string of the molecule is CC(C=Cc1ccc(C(F)(F)F)nc1)[S+](N)[O-]. The molecule has 0 saturated carbocycles. The summed E-state index contributed by atoms with van der Waals surface area (Å²) in [7, 11) is 0. The van der Waals surface area contributed by atoms with Crippen LogP contribution in [0.25, 0.3) is 6.08 Å². The molecule has 0 amide bonds. The summed E-state index contributed by atoms with van der Waals surface area (Å²) in [5, 5.41) is 4.77. The molecular formula is C10H11F3N2OS. The molecule has 0 saturated heterocycles. The fourth-order valence-electron chi connectivity index (χ4n) is 0.996. The van der Waals surface area contributed by atoms with Crippen LogP contribution in [0.1, 0.15) is 18.2 Å². The van der Waals surface area contributed by atoms with Crippen molar-refractivity contribution < 1.29 is 17.7 Å². The Balaban J connectivity index is 2.76. The van der Waals surface area contributed by atoms with E-state index >= 15 is 0 Å². The first kappa shape index (κ1) is 14.0. The molecule has 7 heteroatoms. The van der Waals surface area contributed by atoms with E-state index in [4.69, 9.17) is 5.14 Å². The molecule has 1 rings (SSSR count). The van der Waals surface area contributed by atoms with Gasteiger partial charge in [-0.05, 0) is 24.6 Å². The Morgan fingerprint density at radius 3 is 2.53 bits per heavy atom. The highest BCUT2D eigenvalue weighted by Crippen LogP contribution is 2.27. The highest BCUT2D eigenvalue weighted by atomic mass is 32.2. The molecule has 0 bridgehead atoms. The van der Waals surface area contributed by atoms with E-state index in [1.54, 1.807) is 13.0 Å². The predicted molar refractivity (Wildman–Crippen MR) is 60.1 cm³/mol. The summed E-state index contributed by atoms with van der Waals surface area (Å²) in [6.07, 6.45) is -0.247. The van der Waals surface area contributed by atoms with E-state index in [1.165, 1.54) is 12.1 Å². The number of pyridine rings is 1. The second kappa shape index (κ2) is 5.52. The van der Waals surface area contributed by atoms with Gasteiger partial charge >= 0.3 is 6.18 Å². The van der Waals surface area contributed by atoms with Gasteiger partial charge in [-0.15, -0.1) is 0 Å². The fraction of sp³-hybridized carbons (Fsp3) is 0.300. The predicted octanol–water partition coefficient (Wildman–Crippen LogP) is 2.12. The van der Waals surface area contributed by atoms with Gasteiger partial charge < -0.3 is 4.55 Å². The van der Waals surface area contributed by atoms with E-state index in [0.717, 1.165) is 12.3 Å². The maximum atomic E-state index is 12.2. The first-order chi connectivity index (χ1) is 7.80. The van der Waals surface area contributed by atoms with Crippen LogP contribution in [0.2, 0.25) is 0 Å². The summed E-state index contributed by atoms with van der Waals surface area (Å²) in [4.78, 5) is 3.29. The zero-order chi connectivity index (χ0) is 13.1. The van der Waals surface area contributed by atoms with Crippen LogP contribution >= 0.6 is 0 Å². The maximum Gasteiger partial charge on any atom is 0.433 e. The molecule has 2 N–H and O–H groups in total. The molecule has 1 heterocycles. The number of nitrogens with two attached hydrogens (primary N) is 1. The molecule has 0 aliphatic heterocycles. The van der Waals surface area contributed by atoms with Crippen molar-refractivity contribution in [2.45, 2.75) is 18.3 Å². The van der Waals surface area contributed by atoms with E-state index in [9.17, 15) is 17.7 Å². The van der Waals surface area contributed by atoms with Crippen molar-refractivity contribution in [3.63, 3.8) is 0 Å². The molecule has 0 radical (unpaired) electrons. The van der Waals surface area contributed by atoms with Crippen LogP contribution in [0.3, 0.4) is 0 Å². The largest absolute Gasteiger partial charge is 0.598 e. The second-order valence-corrected chi connectivity index (χ2v) is 4.77. The van der Waals surface area contributed by atoms with Crippen molar-refractivity contribution in [2.75, 3.05) is 0 Å². The molecule has 1 aromatic rings. The van der Waals surface area contributed by atoms with Crippen LogP contribution in [0.4, 0.5) is 13.2 Å². The number of halogens is 3. The minimum absolute atomic E-state index is 0.364. The number of hydrogen-bond donors (Lipinski definition) is 1. The minimum atomic E-state index is -4.44. The first-order valence-electron chi connectivity index (χ1n) is 4.67. The highest BCUT2D eigenvalue weighted by molar-refractivity contribution is 7.89. The van der Waals surface area contributed by atoms with Crippen molar-refractivity contribution in [2.24, 2.45) is 5.14 Å². The average Bonchev–Trinajstić information content (AvgIpc) is 2.25. The van der Waals surface area contributed by atoms with Gasteiger partial charge in [0.25, 0.3) is 0 Å². The second-order valence-electron chi connectivity index (χ2n) is 3.37. The summed E-state index contributed by atoms with van der Waals surface area (Å²) in [6, 6.07) is 2.18. The molecule has 0 aromatic carbocycles. The van der Waals surface area contributed by atoms with Gasteiger partial charge in [0, 0.05) is 17.6 Å². The average molecular weight is 264 g/mol. The summed E-state index contributed by atoms with van der Waals surface area (Å²) in [5.41, 5.74) is -0.444. The zero-order valence-electron chi connectivity index (χ0n) is 8.94. The third kappa shape index (κ3) is 4.37. The van der Waals surface area contributed by atoms with E-state index < -0.39 is 23.2 Å². The number of rotatable bonds is 3. The fourth-order valence-corrected chi connectivity index (χ4v) is 1.23. The molecule has 0 fully saturated rings. The van der Waals surface area contributed by atoms with Crippen molar-refractivity contribution in [3.05, 3.63) is 35.7 Å². The Morgan fingerprint density at radius 1 is 1.47 bits per heavy atom. The van der Waals surface area contributed by atoms with E-state index in [2.05, 4.69) is 4.98 Å². The van der Waals surface area contributed by atoms with Crippen LogP contribution in [0.15, 0.2) is 24.4 Å². The third-order valence-electron chi connectivity index (χ3n) is 2.00. The molecule has 0 spiro atoms. The molecule has 1 aromatic heterocycles. The van der Waals surface area contributed by atoms with Crippen molar-refractivity contribution in [3.8, 4) is 0 Å². The first-order valence-corrected chi connectivity index (χ1v) is 5.95. The van der Waals surface area contributed by atoms with Gasteiger partial charge in [-0.3, -0.25) is 4.98 Å². The number of alkyl halides is 3. The van der Waals surface area contributed by atoms with E-state index in [0.29, 0.717) is 5.56 Å². The number of hydrogen-bond acceptors (Lipinski definition) is 3. The monoisotopic (exact) mass is 264 g/mol. The Labute approximate surface area is 99.9 Å². The quantitative estimate of drug-likeness (QED) is 0.851. The Morgan fingerprint density at radius 2 is 2.12 bits per heavy atom. The van der Waals surface area contributed by atoms with Crippen LogP contribution in [0.5, 0.6) is 0 Å². The lowest BCUT2D eigenvalue weighted by atomic mass is 10.2. The number of nitrogens with zero attached hydrogens (tertiary/aromatic N) is 1. The molecule has 3 nitrogen and oxygen atoms in total. The Kier molecular flexibility index (Phi) is 4.55. The Bertz CT molecular complexity index is 390. The molecular weight excluding hydrogens is 253 g/mol. The van der Waals surface area contributed by atoms with Crippen LogP contribution in [-0.4, -0.2) is 14.8 Å². The smallest absolute Gasteiger partial charge is 0.433 e. The van der Waals surface area contributed by atoms with Gasteiger partial charge in [0.2, 0.25) is 0 Å². The van der Waals surface area contributed by atoms with Crippen molar-refractivity contribution in [1.29, 1.82) is 0 Å². The van der Waals surface area contributed by atoms with Gasteiger partial charge in [0.05, 0.1) is 0 Å². The lowest BCUT2D eigenvalue weighted by molar-refractivity contribution is -0.141. The third-order valence-corrected chi connectivity index (χ3v) is 2.89. The maximum absolute atomic E-state index is 12.2. The normalized spacial score (nSPS) is 16.1. The lowest BCUT2D eigenvalue weighted by Crippen LogP contribution is -2.23. The van der Waals surface area contributed by atoms with E-state index in [1.807, 2.05) is 0 Å². The van der Waals surface area contributed by atoms with Crippen molar-refractivity contribution >= 4 is 17.4 Å². The topological polar surface area (TPSA) is 62.0 Å².